The Labute approximate surface area is 103 Å². The summed E-state index contributed by atoms with van der Waals surface area (Å²) in [6, 6.07) is 3.88. The first kappa shape index (κ1) is 12.1. The van der Waals surface area contributed by atoms with Gasteiger partial charge in [-0.15, -0.1) is 0 Å². The lowest BCUT2D eigenvalue weighted by atomic mass is 10.2. The maximum Gasteiger partial charge on any atom is 0.338 e. The van der Waals surface area contributed by atoms with Crippen LogP contribution in [0.2, 0.25) is 0 Å². The van der Waals surface area contributed by atoms with Gasteiger partial charge in [-0.2, -0.15) is 5.10 Å². The Morgan fingerprint density at radius 1 is 1.50 bits per heavy atom. The summed E-state index contributed by atoms with van der Waals surface area (Å²) in [4.78, 5) is 10.7. The van der Waals surface area contributed by atoms with Crippen molar-refractivity contribution in [2.45, 2.75) is 13.5 Å². The SMILES string of the molecule is CCn1cc(Nc2ccc(C(=O)O)c(F)c2)cn1. The summed E-state index contributed by atoms with van der Waals surface area (Å²) in [6.45, 7) is 2.70. The topological polar surface area (TPSA) is 67.2 Å². The Balaban J connectivity index is 2.19. The van der Waals surface area contributed by atoms with E-state index in [1.54, 1.807) is 17.1 Å². The Hall–Kier alpha value is -2.37. The molecule has 0 spiro atoms. The minimum atomic E-state index is -1.28. The van der Waals surface area contributed by atoms with Crippen molar-refractivity contribution in [3.05, 3.63) is 42.0 Å². The Morgan fingerprint density at radius 3 is 2.83 bits per heavy atom. The molecule has 0 radical (unpaired) electrons. The lowest BCUT2D eigenvalue weighted by Gasteiger charge is -2.04. The zero-order chi connectivity index (χ0) is 13.1. The van der Waals surface area contributed by atoms with Crippen LogP contribution in [0, 0.1) is 5.82 Å². The smallest absolute Gasteiger partial charge is 0.338 e. The van der Waals surface area contributed by atoms with Crippen LogP contribution in [-0.2, 0) is 6.54 Å². The monoisotopic (exact) mass is 249 g/mol. The normalized spacial score (nSPS) is 10.3. The molecule has 0 aliphatic heterocycles. The molecule has 6 heteroatoms. The van der Waals surface area contributed by atoms with Crippen LogP contribution in [0.5, 0.6) is 0 Å². The van der Waals surface area contributed by atoms with E-state index in [-0.39, 0.29) is 5.56 Å². The first-order valence-corrected chi connectivity index (χ1v) is 5.42. The van der Waals surface area contributed by atoms with Crippen molar-refractivity contribution in [3.8, 4) is 0 Å². The number of hydrogen-bond donors (Lipinski definition) is 2. The zero-order valence-corrected chi connectivity index (χ0v) is 9.72. The van der Waals surface area contributed by atoms with Gasteiger partial charge in [-0.25, -0.2) is 9.18 Å². The largest absolute Gasteiger partial charge is 0.478 e. The summed E-state index contributed by atoms with van der Waals surface area (Å²) >= 11 is 0. The highest BCUT2D eigenvalue weighted by atomic mass is 19.1. The maximum atomic E-state index is 13.4. The third kappa shape index (κ3) is 2.48. The molecule has 2 N–H and O–H groups in total. The number of nitrogens with zero attached hydrogens (tertiary/aromatic N) is 2. The molecule has 2 aromatic rings. The molecule has 18 heavy (non-hydrogen) atoms. The van der Waals surface area contributed by atoms with Gasteiger partial charge in [0.05, 0.1) is 17.4 Å². The highest BCUT2D eigenvalue weighted by molar-refractivity contribution is 5.88. The second-order valence-corrected chi connectivity index (χ2v) is 3.71. The van der Waals surface area contributed by atoms with Crippen molar-refractivity contribution in [2.75, 3.05) is 5.32 Å². The standard InChI is InChI=1S/C12H12FN3O2/c1-2-16-7-9(6-14-16)15-8-3-4-10(12(17)18)11(13)5-8/h3-7,15H,2H2,1H3,(H,17,18). The molecule has 0 amide bonds. The van der Waals surface area contributed by atoms with Gasteiger partial charge in [0, 0.05) is 18.4 Å². The number of aromatic carboxylic acids is 1. The summed E-state index contributed by atoms with van der Waals surface area (Å²) in [5, 5.41) is 15.7. The molecule has 0 aliphatic rings. The molecule has 0 atom stereocenters. The molecule has 1 heterocycles. The van der Waals surface area contributed by atoms with E-state index in [9.17, 15) is 9.18 Å². The molecular weight excluding hydrogens is 237 g/mol. The first-order valence-electron chi connectivity index (χ1n) is 5.42. The van der Waals surface area contributed by atoms with Crippen LogP contribution in [0.4, 0.5) is 15.8 Å². The predicted molar refractivity (Wildman–Crippen MR) is 64.5 cm³/mol. The van der Waals surface area contributed by atoms with Crippen molar-refractivity contribution in [3.63, 3.8) is 0 Å². The predicted octanol–water partition coefficient (Wildman–Crippen LogP) is 2.48. The van der Waals surface area contributed by atoms with Crippen molar-refractivity contribution in [1.82, 2.24) is 9.78 Å². The van der Waals surface area contributed by atoms with Gasteiger partial charge in [0.15, 0.2) is 0 Å². The van der Waals surface area contributed by atoms with Crippen LogP contribution in [0.25, 0.3) is 0 Å². The van der Waals surface area contributed by atoms with E-state index in [1.165, 1.54) is 12.1 Å². The number of carboxylic acids is 1. The van der Waals surface area contributed by atoms with E-state index >= 15 is 0 Å². The molecule has 0 bridgehead atoms. The molecule has 2 rings (SSSR count). The van der Waals surface area contributed by atoms with E-state index in [4.69, 9.17) is 5.11 Å². The number of rotatable bonds is 4. The number of anilines is 2. The van der Waals surface area contributed by atoms with Crippen LogP contribution in [-0.4, -0.2) is 20.9 Å². The van der Waals surface area contributed by atoms with Crippen molar-refractivity contribution in [2.24, 2.45) is 0 Å². The van der Waals surface area contributed by atoms with Crippen LogP contribution in [0.1, 0.15) is 17.3 Å². The number of hydrogen-bond acceptors (Lipinski definition) is 3. The highest BCUT2D eigenvalue weighted by Gasteiger charge is 2.10. The molecule has 1 aromatic heterocycles. The summed E-state index contributed by atoms with van der Waals surface area (Å²) in [6.07, 6.45) is 3.40. The second kappa shape index (κ2) is 4.87. The molecule has 94 valence electrons. The van der Waals surface area contributed by atoms with Crippen molar-refractivity contribution < 1.29 is 14.3 Å². The van der Waals surface area contributed by atoms with Gasteiger partial charge in [-0.1, -0.05) is 0 Å². The van der Waals surface area contributed by atoms with Gasteiger partial charge < -0.3 is 10.4 Å². The average molecular weight is 249 g/mol. The minimum Gasteiger partial charge on any atom is -0.478 e. The van der Waals surface area contributed by atoms with E-state index in [2.05, 4.69) is 10.4 Å². The molecule has 0 saturated heterocycles. The molecule has 0 aliphatic carbocycles. The van der Waals surface area contributed by atoms with Crippen LogP contribution >= 0.6 is 0 Å². The fourth-order valence-corrected chi connectivity index (χ4v) is 1.53. The summed E-state index contributed by atoms with van der Waals surface area (Å²) < 4.78 is 15.2. The number of nitrogens with one attached hydrogen (secondary N) is 1. The number of carboxylic acid groups (broad SMARTS) is 1. The quantitative estimate of drug-likeness (QED) is 0.873. The fourth-order valence-electron chi connectivity index (χ4n) is 1.53. The van der Waals surface area contributed by atoms with Gasteiger partial charge in [-0.3, -0.25) is 4.68 Å². The van der Waals surface area contributed by atoms with Crippen LogP contribution in [0.3, 0.4) is 0 Å². The van der Waals surface area contributed by atoms with Crippen molar-refractivity contribution in [1.29, 1.82) is 0 Å². The molecule has 5 nitrogen and oxygen atoms in total. The lowest BCUT2D eigenvalue weighted by molar-refractivity contribution is 0.0692. The minimum absolute atomic E-state index is 0.343. The van der Waals surface area contributed by atoms with E-state index in [0.29, 0.717) is 5.69 Å². The van der Waals surface area contributed by atoms with E-state index in [1.807, 2.05) is 6.92 Å². The van der Waals surface area contributed by atoms with Crippen molar-refractivity contribution >= 4 is 17.3 Å². The Bertz CT molecular complexity index is 580. The lowest BCUT2D eigenvalue weighted by Crippen LogP contribution is -2.01. The molecule has 0 fully saturated rings. The zero-order valence-electron chi connectivity index (χ0n) is 9.72. The van der Waals surface area contributed by atoms with E-state index < -0.39 is 11.8 Å². The van der Waals surface area contributed by atoms with Crippen LogP contribution in [0.15, 0.2) is 30.6 Å². The Kier molecular flexibility index (Phi) is 3.27. The van der Waals surface area contributed by atoms with Gasteiger partial charge in [0.1, 0.15) is 5.82 Å². The van der Waals surface area contributed by atoms with Gasteiger partial charge in [0.25, 0.3) is 0 Å². The van der Waals surface area contributed by atoms with Gasteiger partial charge >= 0.3 is 5.97 Å². The fraction of sp³-hybridized carbons (Fsp3) is 0.167. The van der Waals surface area contributed by atoms with Gasteiger partial charge in [0.2, 0.25) is 0 Å². The second-order valence-electron chi connectivity index (χ2n) is 3.71. The number of aryl methyl sites for hydroxylation is 1. The molecule has 0 saturated carbocycles. The number of benzene rings is 1. The highest BCUT2D eigenvalue weighted by Crippen LogP contribution is 2.19. The number of carbonyl (C=O) groups is 1. The first-order chi connectivity index (χ1) is 8.60. The summed E-state index contributed by atoms with van der Waals surface area (Å²) in [5.74, 6) is -2.05. The van der Waals surface area contributed by atoms with Crippen LogP contribution < -0.4 is 5.32 Å². The molecule has 1 aromatic carbocycles. The van der Waals surface area contributed by atoms with E-state index in [0.717, 1.165) is 18.3 Å². The summed E-state index contributed by atoms with van der Waals surface area (Å²) in [7, 11) is 0. The molecular formula is C12H12FN3O2. The average Bonchev–Trinajstić information content (AvgIpc) is 2.76. The number of halogens is 1. The summed E-state index contributed by atoms with van der Waals surface area (Å²) in [5.41, 5.74) is 0.859. The third-order valence-electron chi connectivity index (χ3n) is 2.45. The maximum absolute atomic E-state index is 13.4. The number of aromatic nitrogens is 2. The molecule has 0 unspecified atom stereocenters. The van der Waals surface area contributed by atoms with Gasteiger partial charge in [-0.05, 0) is 25.1 Å². The third-order valence-corrected chi connectivity index (χ3v) is 2.45. The Morgan fingerprint density at radius 2 is 2.28 bits per heavy atom.